The zero-order valence-corrected chi connectivity index (χ0v) is 15.3. The van der Waals surface area contributed by atoms with Crippen LogP contribution in [0.5, 0.6) is 0 Å². The standard InChI is InChI=1S/C21H15N5O3/c1-11-3-2-8-25-10-15(23-19(11)25)12-4-6-13(7-5-12)26-16(27)9-14-17(18(26)22)21(29)24-20(14)28/h2-10H,22H2,1H3,(H,24,28,29). The fourth-order valence-corrected chi connectivity index (χ4v) is 3.62. The molecule has 5 rings (SSSR count). The first kappa shape index (κ1) is 16.9. The number of nitrogens with one attached hydrogen (secondary N) is 1. The van der Waals surface area contributed by atoms with Crippen molar-refractivity contribution in [3.05, 3.63) is 81.9 Å². The molecule has 0 radical (unpaired) electrons. The van der Waals surface area contributed by atoms with Crippen LogP contribution in [0.4, 0.5) is 5.82 Å². The van der Waals surface area contributed by atoms with E-state index in [1.54, 1.807) is 12.1 Å². The Kier molecular flexibility index (Phi) is 3.44. The lowest BCUT2D eigenvalue weighted by Crippen LogP contribution is -2.24. The maximum absolute atomic E-state index is 12.5. The highest BCUT2D eigenvalue weighted by Crippen LogP contribution is 2.25. The largest absolute Gasteiger partial charge is 0.384 e. The van der Waals surface area contributed by atoms with Gasteiger partial charge in [0.1, 0.15) is 11.5 Å². The molecule has 1 aliphatic heterocycles. The summed E-state index contributed by atoms with van der Waals surface area (Å²) < 4.78 is 3.17. The Balaban J connectivity index is 1.60. The number of benzene rings is 1. The van der Waals surface area contributed by atoms with E-state index in [0.29, 0.717) is 5.69 Å². The summed E-state index contributed by atoms with van der Waals surface area (Å²) in [6, 6.07) is 12.2. The zero-order valence-electron chi connectivity index (χ0n) is 15.3. The molecule has 2 amide bonds. The topological polar surface area (TPSA) is 111 Å². The Morgan fingerprint density at radius 1 is 1.03 bits per heavy atom. The normalized spacial score (nSPS) is 13.0. The number of pyridine rings is 2. The number of nitrogens with zero attached hydrogens (tertiary/aromatic N) is 3. The molecule has 0 bridgehead atoms. The van der Waals surface area contributed by atoms with Crippen molar-refractivity contribution in [3.8, 4) is 16.9 Å². The molecule has 0 spiro atoms. The second kappa shape index (κ2) is 5.90. The van der Waals surface area contributed by atoms with Crippen molar-refractivity contribution >= 4 is 23.3 Å². The van der Waals surface area contributed by atoms with E-state index in [1.807, 2.05) is 48.0 Å². The van der Waals surface area contributed by atoms with Crippen molar-refractivity contribution in [2.24, 2.45) is 0 Å². The fourth-order valence-electron chi connectivity index (χ4n) is 3.62. The zero-order chi connectivity index (χ0) is 20.3. The number of carbonyl (C=O) groups is 2. The lowest BCUT2D eigenvalue weighted by Gasteiger charge is -2.12. The van der Waals surface area contributed by atoms with Crippen molar-refractivity contribution in [2.45, 2.75) is 6.92 Å². The molecule has 29 heavy (non-hydrogen) atoms. The molecule has 0 fully saturated rings. The highest BCUT2D eigenvalue weighted by Gasteiger charge is 2.31. The molecular formula is C21H15N5O3. The van der Waals surface area contributed by atoms with Gasteiger partial charge in [0, 0.05) is 24.0 Å². The SMILES string of the molecule is Cc1cccn2cc(-c3ccc(-n4c(N)c5c(cc4=O)C(=O)NC5=O)cc3)nc12. The molecule has 0 aliphatic carbocycles. The maximum Gasteiger partial charge on any atom is 0.262 e. The van der Waals surface area contributed by atoms with Crippen LogP contribution in [-0.4, -0.2) is 25.8 Å². The van der Waals surface area contributed by atoms with Crippen LogP contribution in [0.15, 0.2) is 59.7 Å². The number of hydrogen-bond donors (Lipinski definition) is 2. The van der Waals surface area contributed by atoms with Gasteiger partial charge in [-0.25, -0.2) is 4.98 Å². The number of nitrogen functional groups attached to an aromatic ring is 1. The third-order valence-corrected chi connectivity index (χ3v) is 5.05. The Labute approximate surface area is 164 Å². The second-order valence-corrected chi connectivity index (χ2v) is 6.87. The van der Waals surface area contributed by atoms with Crippen LogP contribution < -0.4 is 16.6 Å². The molecule has 3 aromatic heterocycles. The molecular weight excluding hydrogens is 370 g/mol. The van der Waals surface area contributed by atoms with Crippen molar-refractivity contribution in [3.63, 3.8) is 0 Å². The van der Waals surface area contributed by atoms with Gasteiger partial charge in [0.2, 0.25) is 0 Å². The van der Waals surface area contributed by atoms with Crippen LogP contribution in [-0.2, 0) is 0 Å². The number of rotatable bonds is 2. The molecule has 1 aromatic carbocycles. The van der Waals surface area contributed by atoms with Crippen LogP contribution in [0, 0.1) is 6.92 Å². The molecule has 0 unspecified atom stereocenters. The van der Waals surface area contributed by atoms with Crippen molar-refractivity contribution in [1.29, 1.82) is 0 Å². The molecule has 8 nitrogen and oxygen atoms in total. The van der Waals surface area contributed by atoms with Gasteiger partial charge in [-0.05, 0) is 30.7 Å². The summed E-state index contributed by atoms with van der Waals surface area (Å²) in [6.45, 7) is 2.00. The number of aryl methyl sites for hydroxylation is 1. The Hall–Kier alpha value is -4.20. The molecule has 0 atom stereocenters. The first-order chi connectivity index (χ1) is 13.9. The number of imidazole rings is 1. The fraction of sp³-hybridized carbons (Fsp3) is 0.0476. The minimum absolute atomic E-state index is 0.00504. The predicted molar refractivity (Wildman–Crippen MR) is 107 cm³/mol. The number of aromatic nitrogens is 3. The van der Waals surface area contributed by atoms with Gasteiger partial charge in [-0.15, -0.1) is 0 Å². The van der Waals surface area contributed by atoms with Gasteiger partial charge in [-0.3, -0.25) is 24.3 Å². The van der Waals surface area contributed by atoms with Crippen LogP contribution in [0.1, 0.15) is 26.3 Å². The third kappa shape index (κ3) is 2.46. The average Bonchev–Trinajstić information content (AvgIpc) is 3.24. The average molecular weight is 385 g/mol. The molecule has 0 saturated carbocycles. The van der Waals surface area contributed by atoms with Gasteiger partial charge in [-0.1, -0.05) is 18.2 Å². The summed E-state index contributed by atoms with van der Waals surface area (Å²) in [5.41, 5.74) is 9.72. The molecule has 8 heteroatoms. The quantitative estimate of drug-likeness (QED) is 0.512. The summed E-state index contributed by atoms with van der Waals surface area (Å²) in [7, 11) is 0. The molecule has 4 aromatic rings. The summed E-state index contributed by atoms with van der Waals surface area (Å²) in [5, 5.41) is 2.16. The highest BCUT2D eigenvalue weighted by atomic mass is 16.2. The number of imide groups is 1. The first-order valence-corrected chi connectivity index (χ1v) is 8.90. The third-order valence-electron chi connectivity index (χ3n) is 5.05. The number of hydrogen-bond acceptors (Lipinski definition) is 5. The van der Waals surface area contributed by atoms with E-state index in [9.17, 15) is 14.4 Å². The predicted octanol–water partition coefficient (Wildman–Crippen LogP) is 1.93. The smallest absolute Gasteiger partial charge is 0.262 e. The number of amides is 2. The minimum Gasteiger partial charge on any atom is -0.384 e. The van der Waals surface area contributed by atoms with E-state index in [2.05, 4.69) is 10.3 Å². The van der Waals surface area contributed by atoms with Crippen LogP contribution in [0.25, 0.3) is 22.6 Å². The van der Waals surface area contributed by atoms with E-state index in [1.165, 1.54) is 4.57 Å². The van der Waals surface area contributed by atoms with Gasteiger partial charge in [-0.2, -0.15) is 0 Å². The van der Waals surface area contributed by atoms with E-state index in [4.69, 9.17) is 5.73 Å². The van der Waals surface area contributed by atoms with Gasteiger partial charge < -0.3 is 10.1 Å². The van der Waals surface area contributed by atoms with E-state index in [-0.39, 0.29) is 16.9 Å². The summed E-state index contributed by atoms with van der Waals surface area (Å²) in [6.07, 6.45) is 3.87. The van der Waals surface area contributed by atoms with E-state index < -0.39 is 17.4 Å². The molecule has 1 aliphatic rings. The molecule has 3 N–H and O–H groups in total. The monoisotopic (exact) mass is 385 g/mol. The summed E-state index contributed by atoms with van der Waals surface area (Å²) in [5.74, 6) is -1.28. The second-order valence-electron chi connectivity index (χ2n) is 6.87. The van der Waals surface area contributed by atoms with E-state index >= 15 is 0 Å². The van der Waals surface area contributed by atoms with Crippen LogP contribution in [0.3, 0.4) is 0 Å². The summed E-state index contributed by atoms with van der Waals surface area (Å²) >= 11 is 0. The number of nitrogens with two attached hydrogens (primary N) is 1. The number of carbonyl (C=O) groups excluding carboxylic acids is 2. The minimum atomic E-state index is -0.613. The Morgan fingerprint density at radius 2 is 1.79 bits per heavy atom. The highest BCUT2D eigenvalue weighted by molar-refractivity contribution is 6.23. The molecule has 4 heterocycles. The Bertz CT molecular complexity index is 1400. The van der Waals surface area contributed by atoms with Gasteiger partial charge in [0.25, 0.3) is 17.4 Å². The lowest BCUT2D eigenvalue weighted by molar-refractivity contribution is 0.0880. The van der Waals surface area contributed by atoms with Crippen molar-refractivity contribution in [2.75, 3.05) is 5.73 Å². The van der Waals surface area contributed by atoms with Crippen molar-refractivity contribution in [1.82, 2.24) is 19.3 Å². The van der Waals surface area contributed by atoms with Crippen LogP contribution >= 0.6 is 0 Å². The van der Waals surface area contributed by atoms with Gasteiger partial charge in [0.15, 0.2) is 0 Å². The first-order valence-electron chi connectivity index (χ1n) is 8.90. The summed E-state index contributed by atoms with van der Waals surface area (Å²) in [4.78, 5) is 41.0. The van der Waals surface area contributed by atoms with Gasteiger partial charge >= 0.3 is 0 Å². The van der Waals surface area contributed by atoms with Crippen LogP contribution in [0.2, 0.25) is 0 Å². The lowest BCUT2D eigenvalue weighted by atomic mass is 10.1. The number of fused-ring (bicyclic) bond motifs is 2. The van der Waals surface area contributed by atoms with Crippen molar-refractivity contribution < 1.29 is 9.59 Å². The van der Waals surface area contributed by atoms with Gasteiger partial charge in [0.05, 0.1) is 22.5 Å². The molecule has 0 saturated heterocycles. The maximum atomic E-state index is 12.5. The Morgan fingerprint density at radius 3 is 2.52 bits per heavy atom. The van der Waals surface area contributed by atoms with E-state index in [0.717, 1.165) is 28.5 Å². The number of anilines is 1. The molecule has 142 valence electrons.